The summed E-state index contributed by atoms with van der Waals surface area (Å²) in [5.74, 6) is 0.199. The van der Waals surface area contributed by atoms with Gasteiger partial charge >= 0.3 is 0 Å². The largest absolute Gasteiger partial charge is 0.395 e. The van der Waals surface area contributed by atoms with Crippen LogP contribution in [-0.2, 0) is 4.84 Å². The van der Waals surface area contributed by atoms with Crippen molar-refractivity contribution in [2.45, 2.75) is 26.3 Å². The van der Waals surface area contributed by atoms with E-state index >= 15 is 0 Å². The number of nitrogens with zero attached hydrogens (tertiary/aromatic N) is 1. The van der Waals surface area contributed by atoms with Crippen molar-refractivity contribution in [2.75, 3.05) is 6.61 Å². The zero-order valence-electron chi connectivity index (χ0n) is 12.9. The number of nitrogens with one attached hydrogen (secondary N) is 1. The van der Waals surface area contributed by atoms with E-state index in [1.165, 1.54) is 0 Å². The number of oxime groups is 1. The topological polar surface area (TPSA) is 50.7 Å². The molecule has 0 unspecified atom stereocenters. The molecule has 3 rings (SSSR count). The molecular weight excluding hydrogens is 276 g/mol. The molecule has 0 saturated heterocycles. The molecule has 0 radical (unpaired) electrons. The predicted octanol–water partition coefficient (Wildman–Crippen LogP) is 3.37. The van der Waals surface area contributed by atoms with Crippen molar-refractivity contribution in [1.29, 1.82) is 0 Å². The Morgan fingerprint density at radius 3 is 2.68 bits per heavy atom. The Bertz CT molecular complexity index is 717. The Labute approximate surface area is 130 Å². The molecule has 1 aliphatic rings. The summed E-state index contributed by atoms with van der Waals surface area (Å²) >= 11 is 0. The summed E-state index contributed by atoms with van der Waals surface area (Å²) in [6.07, 6.45) is 0.776. The van der Waals surface area contributed by atoms with Crippen molar-refractivity contribution < 1.29 is 9.63 Å². The van der Waals surface area contributed by atoms with E-state index in [1.807, 2.05) is 42.5 Å². The maximum absolute atomic E-state index is 12.7. The minimum atomic E-state index is -0.0889. The third-order valence-electron chi connectivity index (χ3n) is 3.98. The number of carbonyl (C=O) groups is 1. The van der Waals surface area contributed by atoms with Crippen LogP contribution in [0.5, 0.6) is 0 Å². The van der Waals surface area contributed by atoms with Crippen LogP contribution in [0, 0.1) is 5.92 Å². The fraction of sp³-hybridized carbons (Fsp3) is 0.333. The minimum Gasteiger partial charge on any atom is -0.395 e. The maximum atomic E-state index is 12.7. The van der Waals surface area contributed by atoms with Crippen molar-refractivity contribution >= 4 is 22.4 Å². The lowest BCUT2D eigenvalue weighted by Crippen LogP contribution is -2.44. The van der Waals surface area contributed by atoms with Gasteiger partial charge in [-0.15, -0.1) is 0 Å². The molecule has 22 heavy (non-hydrogen) atoms. The van der Waals surface area contributed by atoms with E-state index < -0.39 is 0 Å². The van der Waals surface area contributed by atoms with Gasteiger partial charge in [0.1, 0.15) is 6.61 Å². The molecule has 2 aromatic rings. The Hall–Kier alpha value is -2.36. The summed E-state index contributed by atoms with van der Waals surface area (Å²) in [6, 6.07) is 13.6. The average Bonchev–Trinajstić information content (AvgIpc) is 3.05. The fourth-order valence-electron chi connectivity index (χ4n) is 2.81. The van der Waals surface area contributed by atoms with Gasteiger partial charge in [-0.1, -0.05) is 55.4 Å². The molecule has 1 N–H and O–H groups in total. The second-order valence-corrected chi connectivity index (χ2v) is 5.89. The molecule has 0 saturated carbocycles. The van der Waals surface area contributed by atoms with Crippen LogP contribution in [0.25, 0.3) is 10.8 Å². The van der Waals surface area contributed by atoms with E-state index in [0.29, 0.717) is 12.2 Å². The van der Waals surface area contributed by atoms with E-state index in [4.69, 9.17) is 4.84 Å². The molecule has 1 aliphatic heterocycles. The number of hydrogen-bond acceptors (Lipinski definition) is 3. The van der Waals surface area contributed by atoms with Crippen molar-refractivity contribution in [1.82, 2.24) is 5.32 Å². The highest BCUT2D eigenvalue weighted by molar-refractivity contribution is 6.08. The van der Waals surface area contributed by atoms with Crippen LogP contribution in [0.15, 0.2) is 47.6 Å². The number of fused-ring (bicyclic) bond motifs is 1. The molecule has 2 aromatic carbocycles. The average molecular weight is 296 g/mol. The van der Waals surface area contributed by atoms with Crippen molar-refractivity contribution in [3.05, 3.63) is 48.0 Å². The van der Waals surface area contributed by atoms with Crippen LogP contribution in [0.3, 0.4) is 0 Å². The minimum absolute atomic E-state index is 0.0647. The van der Waals surface area contributed by atoms with Crippen molar-refractivity contribution in [3.63, 3.8) is 0 Å². The molecule has 1 atom stereocenters. The SMILES string of the molecule is CC(C)[C@H](NC(=O)c1cccc2ccccc12)C1=NOCC1. The molecular formula is C18H20N2O2. The first-order valence-corrected chi connectivity index (χ1v) is 7.64. The van der Waals surface area contributed by atoms with Gasteiger partial charge in [0.15, 0.2) is 0 Å². The van der Waals surface area contributed by atoms with Crippen molar-refractivity contribution in [2.24, 2.45) is 11.1 Å². The summed E-state index contributed by atoms with van der Waals surface area (Å²) in [5.41, 5.74) is 1.62. The third-order valence-corrected chi connectivity index (χ3v) is 3.98. The van der Waals surface area contributed by atoms with E-state index in [2.05, 4.69) is 24.3 Å². The quantitative estimate of drug-likeness (QED) is 0.940. The Morgan fingerprint density at radius 1 is 1.18 bits per heavy atom. The van der Waals surface area contributed by atoms with Gasteiger partial charge in [-0.2, -0.15) is 0 Å². The molecule has 1 amide bonds. The van der Waals surface area contributed by atoms with E-state index in [9.17, 15) is 4.79 Å². The molecule has 4 heteroatoms. The third kappa shape index (κ3) is 2.82. The molecule has 4 nitrogen and oxygen atoms in total. The summed E-state index contributed by atoms with van der Waals surface area (Å²) in [5, 5.41) is 9.22. The highest BCUT2D eigenvalue weighted by Gasteiger charge is 2.26. The lowest BCUT2D eigenvalue weighted by molar-refractivity contribution is 0.0941. The van der Waals surface area contributed by atoms with Crippen LogP contribution in [0.4, 0.5) is 0 Å². The number of amides is 1. The van der Waals surface area contributed by atoms with Gasteiger partial charge in [0.2, 0.25) is 0 Å². The van der Waals surface area contributed by atoms with Crippen LogP contribution >= 0.6 is 0 Å². The van der Waals surface area contributed by atoms with Gasteiger partial charge in [-0.25, -0.2) is 0 Å². The highest BCUT2D eigenvalue weighted by Crippen LogP contribution is 2.19. The van der Waals surface area contributed by atoms with Crippen LogP contribution in [-0.4, -0.2) is 24.3 Å². The Kier molecular flexibility index (Phi) is 4.09. The summed E-state index contributed by atoms with van der Waals surface area (Å²) < 4.78 is 0. The Balaban J connectivity index is 1.89. The molecule has 0 aliphatic carbocycles. The normalized spacial score (nSPS) is 15.5. The van der Waals surface area contributed by atoms with Gasteiger partial charge in [-0.05, 0) is 22.8 Å². The fourth-order valence-corrected chi connectivity index (χ4v) is 2.81. The van der Waals surface area contributed by atoms with E-state index in [1.54, 1.807) is 0 Å². The first-order chi connectivity index (χ1) is 10.7. The number of rotatable bonds is 4. The molecule has 114 valence electrons. The zero-order chi connectivity index (χ0) is 15.5. The van der Waals surface area contributed by atoms with Crippen molar-refractivity contribution in [3.8, 4) is 0 Å². The van der Waals surface area contributed by atoms with E-state index in [-0.39, 0.29) is 17.9 Å². The molecule has 0 aromatic heterocycles. The number of hydrogen-bond donors (Lipinski definition) is 1. The highest BCUT2D eigenvalue weighted by atomic mass is 16.6. The number of carbonyl (C=O) groups excluding carboxylic acids is 1. The van der Waals surface area contributed by atoms with Gasteiger partial charge in [0.05, 0.1) is 11.8 Å². The second kappa shape index (κ2) is 6.18. The second-order valence-electron chi connectivity index (χ2n) is 5.89. The summed E-state index contributed by atoms with van der Waals surface area (Å²) in [7, 11) is 0. The lowest BCUT2D eigenvalue weighted by atomic mass is 9.96. The zero-order valence-corrected chi connectivity index (χ0v) is 12.9. The molecule has 0 bridgehead atoms. The van der Waals surface area contributed by atoms with Gasteiger partial charge < -0.3 is 10.2 Å². The van der Waals surface area contributed by atoms with Crippen LogP contribution in [0.1, 0.15) is 30.6 Å². The molecule has 1 heterocycles. The standard InChI is InChI=1S/C18H20N2O2/c1-12(2)17(16-10-11-22-20-16)19-18(21)15-9-5-7-13-6-3-4-8-14(13)15/h3-9,12,17H,10-11H2,1-2H3,(H,19,21)/t17-/m0/s1. The van der Waals surface area contributed by atoms with Crippen LogP contribution in [0.2, 0.25) is 0 Å². The van der Waals surface area contributed by atoms with E-state index in [0.717, 1.165) is 22.9 Å². The van der Waals surface area contributed by atoms with Gasteiger partial charge in [-0.3, -0.25) is 4.79 Å². The monoisotopic (exact) mass is 296 g/mol. The molecule has 0 spiro atoms. The summed E-state index contributed by atoms with van der Waals surface area (Å²) in [6.45, 7) is 4.76. The smallest absolute Gasteiger partial charge is 0.252 e. The first kappa shape index (κ1) is 14.6. The van der Waals surface area contributed by atoms with Gasteiger partial charge in [0, 0.05) is 12.0 Å². The first-order valence-electron chi connectivity index (χ1n) is 7.64. The molecule has 0 fully saturated rings. The van der Waals surface area contributed by atoms with Gasteiger partial charge in [0.25, 0.3) is 5.91 Å². The Morgan fingerprint density at radius 2 is 1.95 bits per heavy atom. The summed E-state index contributed by atoms with van der Waals surface area (Å²) in [4.78, 5) is 17.8. The number of benzene rings is 2. The lowest BCUT2D eigenvalue weighted by Gasteiger charge is -2.22. The van der Waals surface area contributed by atoms with Crippen LogP contribution < -0.4 is 5.32 Å². The predicted molar refractivity (Wildman–Crippen MR) is 88.0 cm³/mol. The maximum Gasteiger partial charge on any atom is 0.252 e.